The smallest absolute Gasteiger partial charge is 0.164 e. The summed E-state index contributed by atoms with van der Waals surface area (Å²) in [4.78, 5) is 13.0. The average molecular weight is 533 g/mol. The van der Waals surface area contributed by atoms with Crippen LogP contribution in [0.25, 0.3) is 11.4 Å². The fraction of sp³-hybridized carbons (Fsp3) is 0.500. The molecule has 0 spiro atoms. The van der Waals surface area contributed by atoms with Gasteiger partial charge in [0.1, 0.15) is 17.5 Å². The summed E-state index contributed by atoms with van der Waals surface area (Å²) < 4.78 is 58.5. The number of anilines is 1. The number of piperazine rings is 1. The van der Waals surface area contributed by atoms with E-state index < -0.39 is 21.5 Å². The minimum Gasteiger partial charge on any atom is -0.394 e. The van der Waals surface area contributed by atoms with E-state index in [-0.39, 0.29) is 34.0 Å². The second-order valence-electron chi connectivity index (χ2n) is 7.74. The summed E-state index contributed by atoms with van der Waals surface area (Å²) >= 11 is 2.96. The van der Waals surface area contributed by atoms with Crippen LogP contribution in [0.15, 0.2) is 16.6 Å². The van der Waals surface area contributed by atoms with Crippen molar-refractivity contribution in [1.29, 1.82) is 0 Å². The zero-order valence-electron chi connectivity index (χ0n) is 17.2. The molecular weight excluding hydrogens is 510 g/mol. The number of fused-ring (bicyclic) bond motifs is 1. The third kappa shape index (κ3) is 5.09. The second-order valence-corrected chi connectivity index (χ2v) is 10.7. The zero-order valence-corrected chi connectivity index (χ0v) is 19.6. The quantitative estimate of drug-likeness (QED) is 0.425. The van der Waals surface area contributed by atoms with Gasteiger partial charge < -0.3 is 14.7 Å². The molecule has 0 amide bonds. The molecule has 3 heterocycles. The van der Waals surface area contributed by atoms with E-state index in [1.165, 1.54) is 0 Å². The lowest BCUT2D eigenvalue weighted by Crippen LogP contribution is -2.48. The third-order valence-corrected chi connectivity index (χ3v) is 7.55. The van der Waals surface area contributed by atoms with Crippen LogP contribution in [0.5, 0.6) is 0 Å². The molecule has 4 rings (SSSR count). The molecule has 1 fully saturated rings. The fourth-order valence-corrected chi connectivity index (χ4v) is 5.69. The van der Waals surface area contributed by atoms with Crippen molar-refractivity contribution in [3.8, 4) is 11.4 Å². The molecule has 0 bridgehead atoms. The lowest BCUT2D eigenvalue weighted by atomic mass is 10.1. The van der Waals surface area contributed by atoms with Gasteiger partial charge in [0.05, 0.1) is 47.1 Å². The van der Waals surface area contributed by atoms with Crippen LogP contribution in [0.1, 0.15) is 11.3 Å². The van der Waals surface area contributed by atoms with Crippen LogP contribution >= 0.6 is 15.9 Å². The SMILES string of the molecule is O=S1(=O)Cc2nc(-c3cc(F)c(Br)cc3F)nc(N3CCN(CCOCCO)CC3)c2C1. The fourth-order valence-electron chi connectivity index (χ4n) is 3.88. The van der Waals surface area contributed by atoms with Gasteiger partial charge in [0.25, 0.3) is 0 Å². The standard InChI is InChI=1S/C20H23BrF2N4O4S/c21-15-10-16(22)13(9-17(15)23)19-24-18-12-32(29,30)11-14(18)20(25-19)27-3-1-26(2-4-27)5-7-31-8-6-28/h9-10,28H,1-8,11-12H2. The summed E-state index contributed by atoms with van der Waals surface area (Å²) in [7, 11) is -3.37. The van der Waals surface area contributed by atoms with Crippen LogP contribution in [0.3, 0.4) is 0 Å². The normalized spacial score (nSPS) is 18.2. The molecular formula is C20H23BrF2N4O4S. The van der Waals surface area contributed by atoms with Crippen LogP contribution in [0, 0.1) is 11.6 Å². The van der Waals surface area contributed by atoms with E-state index in [4.69, 9.17) is 9.84 Å². The minimum absolute atomic E-state index is 0.0122. The molecule has 1 N–H and O–H groups in total. The van der Waals surface area contributed by atoms with Crippen molar-refractivity contribution < 1.29 is 27.0 Å². The highest BCUT2D eigenvalue weighted by Crippen LogP contribution is 2.35. The van der Waals surface area contributed by atoms with Crippen LogP contribution < -0.4 is 4.90 Å². The lowest BCUT2D eigenvalue weighted by Gasteiger charge is -2.36. The summed E-state index contributed by atoms with van der Waals surface area (Å²) in [6.07, 6.45) is 0. The van der Waals surface area contributed by atoms with E-state index in [0.29, 0.717) is 56.5 Å². The van der Waals surface area contributed by atoms with Crippen LogP contribution in [0.2, 0.25) is 0 Å². The Kier molecular flexibility index (Phi) is 7.06. The van der Waals surface area contributed by atoms with Crippen molar-refractivity contribution in [1.82, 2.24) is 14.9 Å². The van der Waals surface area contributed by atoms with Gasteiger partial charge in [-0.15, -0.1) is 0 Å². The lowest BCUT2D eigenvalue weighted by molar-refractivity contribution is 0.0724. The molecule has 174 valence electrons. The monoisotopic (exact) mass is 532 g/mol. The highest BCUT2D eigenvalue weighted by molar-refractivity contribution is 9.10. The summed E-state index contributed by atoms with van der Waals surface area (Å²) in [5.74, 6) is -1.32. The van der Waals surface area contributed by atoms with E-state index in [0.717, 1.165) is 18.7 Å². The number of sulfone groups is 1. The maximum atomic E-state index is 14.6. The molecule has 2 aliphatic heterocycles. The Morgan fingerprint density at radius 2 is 1.81 bits per heavy atom. The number of nitrogens with zero attached hydrogens (tertiary/aromatic N) is 4. The molecule has 0 aliphatic carbocycles. The molecule has 1 aromatic carbocycles. The van der Waals surface area contributed by atoms with Crippen molar-refractivity contribution in [2.24, 2.45) is 0 Å². The predicted octanol–water partition coefficient (Wildman–Crippen LogP) is 1.74. The summed E-state index contributed by atoms with van der Waals surface area (Å²) in [5, 5.41) is 8.78. The molecule has 0 saturated carbocycles. The second kappa shape index (κ2) is 9.64. The Morgan fingerprint density at radius 1 is 1.06 bits per heavy atom. The first kappa shape index (κ1) is 23.4. The van der Waals surface area contributed by atoms with Crippen LogP contribution in [0.4, 0.5) is 14.6 Å². The molecule has 0 radical (unpaired) electrons. The van der Waals surface area contributed by atoms with Gasteiger partial charge in [0.15, 0.2) is 15.7 Å². The molecule has 2 aromatic rings. The zero-order chi connectivity index (χ0) is 22.9. The molecule has 8 nitrogen and oxygen atoms in total. The largest absolute Gasteiger partial charge is 0.394 e. The topological polar surface area (TPSA) is 95.9 Å². The first-order valence-corrected chi connectivity index (χ1v) is 12.8. The van der Waals surface area contributed by atoms with E-state index in [9.17, 15) is 17.2 Å². The van der Waals surface area contributed by atoms with Gasteiger partial charge in [-0.05, 0) is 28.1 Å². The number of halogens is 3. The number of aromatic nitrogens is 2. The number of hydrogen-bond acceptors (Lipinski definition) is 8. The van der Waals surface area contributed by atoms with E-state index in [2.05, 4.69) is 30.8 Å². The Labute approximate surface area is 193 Å². The van der Waals surface area contributed by atoms with Gasteiger partial charge in [-0.3, -0.25) is 4.90 Å². The number of aliphatic hydroxyl groups excluding tert-OH is 1. The van der Waals surface area contributed by atoms with Gasteiger partial charge in [0, 0.05) is 38.3 Å². The number of ether oxygens (including phenoxy) is 1. The van der Waals surface area contributed by atoms with Gasteiger partial charge in [-0.25, -0.2) is 27.2 Å². The third-order valence-electron chi connectivity index (χ3n) is 5.50. The van der Waals surface area contributed by atoms with Gasteiger partial charge in [-0.1, -0.05) is 0 Å². The Balaban J connectivity index is 1.61. The summed E-state index contributed by atoms with van der Waals surface area (Å²) in [5.41, 5.74) is 0.762. The Morgan fingerprint density at radius 3 is 2.53 bits per heavy atom. The van der Waals surface area contributed by atoms with Crippen molar-refractivity contribution in [2.75, 3.05) is 57.4 Å². The van der Waals surface area contributed by atoms with Crippen LogP contribution in [-0.4, -0.2) is 80.9 Å². The van der Waals surface area contributed by atoms with E-state index >= 15 is 0 Å². The molecule has 12 heteroatoms. The van der Waals surface area contributed by atoms with E-state index in [1.807, 2.05) is 4.90 Å². The highest BCUT2D eigenvalue weighted by Gasteiger charge is 2.33. The molecule has 2 aliphatic rings. The number of benzene rings is 1. The predicted molar refractivity (Wildman–Crippen MR) is 118 cm³/mol. The number of rotatable bonds is 7. The first-order valence-electron chi connectivity index (χ1n) is 10.2. The maximum absolute atomic E-state index is 14.6. The number of aliphatic hydroxyl groups is 1. The summed E-state index contributed by atoms with van der Waals surface area (Å²) in [6.45, 7) is 4.15. The van der Waals surface area contributed by atoms with Crippen molar-refractivity contribution in [3.05, 3.63) is 39.5 Å². The van der Waals surface area contributed by atoms with E-state index in [1.54, 1.807) is 0 Å². The highest BCUT2D eigenvalue weighted by atomic mass is 79.9. The maximum Gasteiger partial charge on any atom is 0.164 e. The molecule has 32 heavy (non-hydrogen) atoms. The Bertz CT molecular complexity index is 1110. The molecule has 1 saturated heterocycles. The van der Waals surface area contributed by atoms with Gasteiger partial charge >= 0.3 is 0 Å². The average Bonchev–Trinajstić information content (AvgIpc) is 3.07. The number of hydrogen-bond donors (Lipinski definition) is 1. The molecule has 1 aromatic heterocycles. The van der Waals surface area contributed by atoms with Crippen molar-refractivity contribution in [3.63, 3.8) is 0 Å². The first-order chi connectivity index (χ1) is 15.3. The van der Waals surface area contributed by atoms with Crippen molar-refractivity contribution in [2.45, 2.75) is 11.5 Å². The minimum atomic E-state index is -3.37. The van der Waals surface area contributed by atoms with Crippen molar-refractivity contribution >= 4 is 31.6 Å². The Hall–Kier alpha value is -1.73. The summed E-state index contributed by atoms with van der Waals surface area (Å²) in [6, 6.07) is 2.02. The van der Waals surface area contributed by atoms with Gasteiger partial charge in [0.2, 0.25) is 0 Å². The van der Waals surface area contributed by atoms with Crippen LogP contribution in [-0.2, 0) is 26.1 Å². The molecule has 0 atom stereocenters. The van der Waals surface area contributed by atoms with Gasteiger partial charge in [-0.2, -0.15) is 0 Å². The molecule has 0 unspecified atom stereocenters.